The van der Waals surface area contributed by atoms with Crippen molar-refractivity contribution >= 4 is 39.1 Å². The second-order valence-electron chi connectivity index (χ2n) is 7.61. The predicted octanol–water partition coefficient (Wildman–Crippen LogP) is 4.31. The molecule has 3 rings (SSSR count). The molecule has 0 atom stereocenters. The summed E-state index contributed by atoms with van der Waals surface area (Å²) in [7, 11) is 1.60. The average molecular weight is 474 g/mol. The number of methoxy groups -OCH3 is 1. The lowest BCUT2D eigenvalue weighted by atomic mass is 9.97. The van der Waals surface area contributed by atoms with Crippen LogP contribution in [0.25, 0.3) is 0 Å². The first-order chi connectivity index (χ1) is 14.5. The van der Waals surface area contributed by atoms with Crippen LogP contribution in [0.5, 0.6) is 0 Å². The fourth-order valence-corrected chi connectivity index (χ4v) is 3.91. The number of nitrogens with zero attached hydrogens (tertiary/aromatic N) is 1. The van der Waals surface area contributed by atoms with E-state index in [0.717, 1.165) is 36.1 Å². The second-order valence-corrected chi connectivity index (χ2v) is 8.53. The quantitative estimate of drug-likeness (QED) is 0.587. The maximum absolute atomic E-state index is 12.9. The van der Waals surface area contributed by atoms with Gasteiger partial charge in [0.05, 0.1) is 12.2 Å². The Hall–Kier alpha value is -2.38. The molecule has 0 saturated carbocycles. The summed E-state index contributed by atoms with van der Waals surface area (Å²) in [6.07, 6.45) is 2.21. The van der Waals surface area contributed by atoms with E-state index in [1.807, 2.05) is 24.3 Å². The van der Waals surface area contributed by atoms with E-state index < -0.39 is 0 Å². The van der Waals surface area contributed by atoms with Gasteiger partial charge in [-0.15, -0.1) is 0 Å². The largest absolute Gasteiger partial charge is 0.383 e. The summed E-state index contributed by atoms with van der Waals surface area (Å²) in [6.45, 7) is 4.98. The highest BCUT2D eigenvalue weighted by molar-refractivity contribution is 9.10. The van der Waals surface area contributed by atoms with Gasteiger partial charge in [-0.1, -0.05) is 28.9 Å². The first-order valence-electron chi connectivity index (χ1n) is 10.2. The SMILES string of the molecule is COCCNC(=O)c1cc(NC(=O)c2cccc(Br)c2)ccc1N1CCC(C)CC1. The molecule has 1 heterocycles. The third-order valence-corrected chi connectivity index (χ3v) is 5.80. The van der Waals surface area contributed by atoms with Gasteiger partial charge in [-0.05, 0) is 55.2 Å². The summed E-state index contributed by atoms with van der Waals surface area (Å²) >= 11 is 3.39. The molecule has 0 unspecified atom stereocenters. The number of ether oxygens (including phenoxy) is 1. The number of halogens is 1. The summed E-state index contributed by atoms with van der Waals surface area (Å²) in [5.74, 6) is 0.310. The topological polar surface area (TPSA) is 70.7 Å². The van der Waals surface area contributed by atoms with Gasteiger partial charge < -0.3 is 20.3 Å². The number of amides is 2. The van der Waals surface area contributed by atoms with E-state index in [1.54, 1.807) is 25.3 Å². The maximum Gasteiger partial charge on any atom is 0.255 e. The van der Waals surface area contributed by atoms with Gasteiger partial charge in [-0.3, -0.25) is 9.59 Å². The summed E-state index contributed by atoms with van der Waals surface area (Å²) in [6, 6.07) is 12.7. The van der Waals surface area contributed by atoms with Crippen molar-refractivity contribution in [2.75, 3.05) is 43.6 Å². The van der Waals surface area contributed by atoms with Crippen molar-refractivity contribution in [1.29, 1.82) is 0 Å². The summed E-state index contributed by atoms with van der Waals surface area (Å²) in [5, 5.41) is 5.80. The van der Waals surface area contributed by atoms with E-state index in [-0.39, 0.29) is 11.8 Å². The van der Waals surface area contributed by atoms with Crippen LogP contribution in [-0.4, -0.2) is 45.2 Å². The molecular formula is C23H28BrN3O3. The molecule has 2 aromatic rings. The molecule has 0 spiro atoms. The molecule has 6 nitrogen and oxygen atoms in total. The Morgan fingerprint density at radius 2 is 1.90 bits per heavy atom. The normalized spacial score (nSPS) is 14.4. The number of piperidine rings is 1. The number of benzene rings is 2. The van der Waals surface area contributed by atoms with Gasteiger partial charge in [0.25, 0.3) is 11.8 Å². The molecule has 2 N–H and O–H groups in total. The van der Waals surface area contributed by atoms with E-state index in [0.29, 0.717) is 35.9 Å². The van der Waals surface area contributed by atoms with Crippen LogP contribution in [0.1, 0.15) is 40.5 Å². The Morgan fingerprint density at radius 1 is 1.13 bits per heavy atom. The van der Waals surface area contributed by atoms with Crippen molar-refractivity contribution in [2.45, 2.75) is 19.8 Å². The van der Waals surface area contributed by atoms with E-state index in [4.69, 9.17) is 4.74 Å². The van der Waals surface area contributed by atoms with Crippen molar-refractivity contribution in [2.24, 2.45) is 5.92 Å². The Labute approximate surface area is 186 Å². The molecule has 1 aliphatic rings. The zero-order valence-corrected chi connectivity index (χ0v) is 19.0. The van der Waals surface area contributed by atoms with Gasteiger partial charge in [-0.25, -0.2) is 0 Å². The number of anilines is 2. The van der Waals surface area contributed by atoms with E-state index >= 15 is 0 Å². The van der Waals surface area contributed by atoms with Crippen molar-refractivity contribution in [3.05, 3.63) is 58.1 Å². The van der Waals surface area contributed by atoms with Crippen LogP contribution in [0.4, 0.5) is 11.4 Å². The summed E-state index contributed by atoms with van der Waals surface area (Å²) in [4.78, 5) is 27.8. The van der Waals surface area contributed by atoms with Crippen LogP contribution < -0.4 is 15.5 Å². The summed E-state index contributed by atoms with van der Waals surface area (Å²) in [5.41, 5.74) is 2.60. The van der Waals surface area contributed by atoms with E-state index in [2.05, 4.69) is 38.4 Å². The number of rotatable bonds is 7. The molecule has 1 saturated heterocycles. The molecule has 160 valence electrons. The van der Waals surface area contributed by atoms with Gasteiger partial charge in [0.15, 0.2) is 0 Å². The number of hydrogen-bond acceptors (Lipinski definition) is 4. The van der Waals surface area contributed by atoms with Crippen LogP contribution in [0.2, 0.25) is 0 Å². The minimum absolute atomic E-state index is 0.167. The zero-order valence-electron chi connectivity index (χ0n) is 17.4. The van der Waals surface area contributed by atoms with E-state index in [1.165, 1.54) is 0 Å². The van der Waals surface area contributed by atoms with Gasteiger partial charge in [0, 0.05) is 48.2 Å². The van der Waals surface area contributed by atoms with Crippen LogP contribution in [0.15, 0.2) is 46.9 Å². The highest BCUT2D eigenvalue weighted by atomic mass is 79.9. The molecule has 0 aromatic heterocycles. The Morgan fingerprint density at radius 3 is 2.60 bits per heavy atom. The monoisotopic (exact) mass is 473 g/mol. The predicted molar refractivity (Wildman–Crippen MR) is 123 cm³/mol. The minimum atomic E-state index is -0.221. The van der Waals surface area contributed by atoms with Crippen LogP contribution >= 0.6 is 15.9 Å². The molecule has 0 radical (unpaired) electrons. The van der Waals surface area contributed by atoms with Gasteiger partial charge in [0.2, 0.25) is 0 Å². The number of nitrogens with one attached hydrogen (secondary N) is 2. The Kier molecular flexibility index (Phi) is 7.87. The standard InChI is InChI=1S/C23H28BrN3O3/c1-16-8-11-27(12-9-16)21-7-6-19(15-20(21)23(29)25-10-13-30-2)26-22(28)17-4-3-5-18(24)14-17/h3-7,14-16H,8-13H2,1-2H3,(H,25,29)(H,26,28). The molecule has 30 heavy (non-hydrogen) atoms. The highest BCUT2D eigenvalue weighted by Gasteiger charge is 2.22. The molecule has 1 aliphatic heterocycles. The minimum Gasteiger partial charge on any atom is -0.383 e. The summed E-state index contributed by atoms with van der Waals surface area (Å²) < 4.78 is 5.87. The highest BCUT2D eigenvalue weighted by Crippen LogP contribution is 2.29. The molecule has 2 aromatic carbocycles. The first-order valence-corrected chi connectivity index (χ1v) is 11.0. The van der Waals surface area contributed by atoms with Crippen molar-refractivity contribution in [3.63, 3.8) is 0 Å². The first kappa shape index (κ1) is 22.3. The van der Waals surface area contributed by atoms with Crippen molar-refractivity contribution in [1.82, 2.24) is 5.32 Å². The smallest absolute Gasteiger partial charge is 0.255 e. The Bertz CT molecular complexity index is 895. The molecule has 7 heteroatoms. The Balaban J connectivity index is 1.83. The molecule has 2 amide bonds. The molecule has 0 bridgehead atoms. The molecule has 0 aliphatic carbocycles. The second kappa shape index (κ2) is 10.6. The third-order valence-electron chi connectivity index (χ3n) is 5.30. The average Bonchev–Trinajstić information content (AvgIpc) is 2.74. The fraction of sp³-hybridized carbons (Fsp3) is 0.391. The lowest BCUT2D eigenvalue weighted by Gasteiger charge is -2.33. The lowest BCUT2D eigenvalue weighted by Crippen LogP contribution is -2.35. The van der Waals surface area contributed by atoms with Gasteiger partial charge >= 0.3 is 0 Å². The van der Waals surface area contributed by atoms with Crippen LogP contribution in [0.3, 0.4) is 0 Å². The maximum atomic E-state index is 12.9. The van der Waals surface area contributed by atoms with Crippen LogP contribution in [-0.2, 0) is 4.74 Å². The van der Waals surface area contributed by atoms with E-state index in [9.17, 15) is 9.59 Å². The number of carbonyl (C=O) groups is 2. The fourth-order valence-electron chi connectivity index (χ4n) is 3.52. The lowest BCUT2D eigenvalue weighted by molar-refractivity contribution is 0.0936. The molecule has 1 fully saturated rings. The number of hydrogen-bond donors (Lipinski definition) is 2. The molecular weight excluding hydrogens is 446 g/mol. The van der Waals surface area contributed by atoms with Crippen molar-refractivity contribution < 1.29 is 14.3 Å². The van der Waals surface area contributed by atoms with Crippen LogP contribution in [0, 0.1) is 5.92 Å². The van der Waals surface area contributed by atoms with Crippen molar-refractivity contribution in [3.8, 4) is 0 Å². The van der Waals surface area contributed by atoms with Gasteiger partial charge in [0.1, 0.15) is 0 Å². The van der Waals surface area contributed by atoms with Gasteiger partial charge in [-0.2, -0.15) is 0 Å². The number of carbonyl (C=O) groups excluding carboxylic acids is 2. The third kappa shape index (κ3) is 5.83. The zero-order chi connectivity index (χ0) is 21.5.